The SMILES string of the molecule is CC(C)Oc1ccccc1/C(=N/OCOC(C)(C)C)c1ccccc1. The molecule has 2 rings (SSSR count). The van der Waals surface area contributed by atoms with E-state index in [0.717, 1.165) is 16.9 Å². The van der Waals surface area contributed by atoms with E-state index in [2.05, 4.69) is 5.16 Å². The molecule has 0 aromatic heterocycles. The van der Waals surface area contributed by atoms with Gasteiger partial charge >= 0.3 is 0 Å². The average Bonchev–Trinajstić information content (AvgIpc) is 2.55. The van der Waals surface area contributed by atoms with E-state index >= 15 is 0 Å². The first-order valence-electron chi connectivity index (χ1n) is 8.52. The van der Waals surface area contributed by atoms with Crippen LogP contribution in [0.2, 0.25) is 0 Å². The van der Waals surface area contributed by atoms with Crippen LogP contribution in [0.3, 0.4) is 0 Å². The Morgan fingerprint density at radius 3 is 2.24 bits per heavy atom. The number of oxime groups is 1. The van der Waals surface area contributed by atoms with Gasteiger partial charge < -0.3 is 14.3 Å². The van der Waals surface area contributed by atoms with Crippen molar-refractivity contribution in [2.75, 3.05) is 6.79 Å². The van der Waals surface area contributed by atoms with E-state index in [1.54, 1.807) is 0 Å². The third-order valence-corrected chi connectivity index (χ3v) is 3.25. The molecule has 0 amide bonds. The van der Waals surface area contributed by atoms with Gasteiger partial charge in [-0.15, -0.1) is 0 Å². The molecule has 0 heterocycles. The highest BCUT2D eigenvalue weighted by atomic mass is 16.7. The van der Waals surface area contributed by atoms with Gasteiger partial charge in [-0.25, -0.2) is 0 Å². The molecule has 2 aromatic carbocycles. The first-order valence-corrected chi connectivity index (χ1v) is 8.52. The summed E-state index contributed by atoms with van der Waals surface area (Å²) in [6, 6.07) is 17.8. The van der Waals surface area contributed by atoms with Crippen molar-refractivity contribution in [1.29, 1.82) is 0 Å². The second-order valence-electron chi connectivity index (χ2n) is 6.97. The summed E-state index contributed by atoms with van der Waals surface area (Å²) in [4.78, 5) is 5.45. The second-order valence-corrected chi connectivity index (χ2v) is 6.97. The van der Waals surface area contributed by atoms with Gasteiger partial charge in [-0.05, 0) is 46.8 Å². The van der Waals surface area contributed by atoms with Crippen molar-refractivity contribution in [2.45, 2.75) is 46.3 Å². The average molecular weight is 341 g/mol. The molecule has 25 heavy (non-hydrogen) atoms. The molecule has 0 fully saturated rings. The van der Waals surface area contributed by atoms with Crippen molar-refractivity contribution in [3.05, 3.63) is 65.7 Å². The number of benzene rings is 2. The Labute approximate surface area is 150 Å². The van der Waals surface area contributed by atoms with Crippen molar-refractivity contribution < 1.29 is 14.3 Å². The zero-order valence-corrected chi connectivity index (χ0v) is 15.7. The van der Waals surface area contributed by atoms with Gasteiger partial charge in [0.25, 0.3) is 0 Å². The van der Waals surface area contributed by atoms with Crippen LogP contribution in [0.4, 0.5) is 0 Å². The molecule has 134 valence electrons. The minimum absolute atomic E-state index is 0.0725. The molecular weight excluding hydrogens is 314 g/mol. The molecule has 0 saturated heterocycles. The first-order chi connectivity index (χ1) is 11.9. The van der Waals surface area contributed by atoms with Gasteiger partial charge in [0, 0.05) is 11.1 Å². The lowest BCUT2D eigenvalue weighted by molar-refractivity contribution is -0.119. The van der Waals surface area contributed by atoms with Crippen LogP contribution in [0, 0.1) is 0 Å². The third-order valence-electron chi connectivity index (χ3n) is 3.25. The van der Waals surface area contributed by atoms with E-state index in [0.29, 0.717) is 5.71 Å². The van der Waals surface area contributed by atoms with Gasteiger partial charge in [0.2, 0.25) is 6.79 Å². The van der Waals surface area contributed by atoms with Crippen molar-refractivity contribution in [3.8, 4) is 5.75 Å². The molecular formula is C21H27NO3. The monoisotopic (exact) mass is 341 g/mol. The molecule has 0 unspecified atom stereocenters. The van der Waals surface area contributed by atoms with Gasteiger partial charge in [0.1, 0.15) is 11.5 Å². The normalized spacial score (nSPS) is 12.3. The number of para-hydroxylation sites is 1. The van der Waals surface area contributed by atoms with Crippen LogP contribution >= 0.6 is 0 Å². The zero-order chi connectivity index (χ0) is 18.3. The highest BCUT2D eigenvalue weighted by Gasteiger charge is 2.15. The molecule has 0 radical (unpaired) electrons. The molecule has 0 aliphatic carbocycles. The summed E-state index contributed by atoms with van der Waals surface area (Å²) in [5, 5.41) is 4.35. The first kappa shape index (κ1) is 19.0. The van der Waals surface area contributed by atoms with Crippen molar-refractivity contribution >= 4 is 5.71 Å². The molecule has 2 aromatic rings. The molecule has 0 aliphatic heterocycles. The molecule has 4 nitrogen and oxygen atoms in total. The Bertz CT molecular complexity index is 688. The molecule has 4 heteroatoms. The lowest BCUT2D eigenvalue weighted by Gasteiger charge is -2.19. The number of hydrogen-bond donors (Lipinski definition) is 0. The van der Waals surface area contributed by atoms with E-state index in [-0.39, 0.29) is 18.5 Å². The minimum atomic E-state index is -0.277. The van der Waals surface area contributed by atoms with Gasteiger partial charge in [-0.3, -0.25) is 0 Å². The maximum absolute atomic E-state index is 5.94. The van der Waals surface area contributed by atoms with Gasteiger partial charge in [0.15, 0.2) is 0 Å². The third kappa shape index (κ3) is 6.24. The molecule has 0 bridgehead atoms. The maximum atomic E-state index is 5.94. The summed E-state index contributed by atoms with van der Waals surface area (Å²) in [5.41, 5.74) is 2.28. The molecule has 0 aliphatic rings. The zero-order valence-electron chi connectivity index (χ0n) is 15.7. The van der Waals surface area contributed by atoms with Gasteiger partial charge in [0.05, 0.1) is 11.7 Å². The summed E-state index contributed by atoms with van der Waals surface area (Å²) < 4.78 is 11.5. The summed E-state index contributed by atoms with van der Waals surface area (Å²) in [7, 11) is 0. The van der Waals surface area contributed by atoms with E-state index in [9.17, 15) is 0 Å². The lowest BCUT2D eigenvalue weighted by Crippen LogP contribution is -2.20. The fraction of sp³-hybridized carbons (Fsp3) is 0.381. The smallest absolute Gasteiger partial charge is 0.217 e. The Hall–Kier alpha value is -2.33. The summed E-state index contributed by atoms with van der Waals surface area (Å²) >= 11 is 0. The molecule has 0 spiro atoms. The fourth-order valence-electron chi connectivity index (χ4n) is 2.17. The summed E-state index contributed by atoms with van der Waals surface area (Å²) in [6.07, 6.45) is 0.0725. The van der Waals surface area contributed by atoms with Crippen molar-refractivity contribution in [2.24, 2.45) is 5.16 Å². The summed E-state index contributed by atoms with van der Waals surface area (Å²) in [6.45, 7) is 10.0. The lowest BCUT2D eigenvalue weighted by atomic mass is 10.0. The predicted octanol–water partition coefficient (Wildman–Crippen LogP) is 5.02. The number of ether oxygens (including phenoxy) is 2. The standard InChI is InChI=1S/C21H27NO3/c1-16(2)25-19-14-10-9-13-18(19)20(17-11-7-6-8-12-17)22-24-15-23-21(3,4)5/h6-14,16H,15H2,1-5H3/b22-20+. The van der Waals surface area contributed by atoms with Gasteiger partial charge in [-0.1, -0.05) is 47.6 Å². The van der Waals surface area contributed by atoms with Gasteiger partial charge in [-0.2, -0.15) is 0 Å². The Morgan fingerprint density at radius 2 is 1.60 bits per heavy atom. The Morgan fingerprint density at radius 1 is 0.960 bits per heavy atom. The Kier molecular flexibility index (Phi) is 6.59. The second kappa shape index (κ2) is 8.67. The van der Waals surface area contributed by atoms with E-state index < -0.39 is 0 Å². The molecule has 0 saturated carbocycles. The summed E-state index contributed by atoms with van der Waals surface area (Å²) in [5.74, 6) is 0.778. The van der Waals surface area contributed by atoms with Crippen molar-refractivity contribution in [3.63, 3.8) is 0 Å². The van der Waals surface area contributed by atoms with E-state index in [1.807, 2.05) is 89.2 Å². The van der Waals surface area contributed by atoms with Crippen LogP contribution in [0.1, 0.15) is 45.7 Å². The predicted molar refractivity (Wildman–Crippen MR) is 101 cm³/mol. The Balaban J connectivity index is 2.33. The largest absolute Gasteiger partial charge is 0.490 e. The molecule has 0 atom stereocenters. The van der Waals surface area contributed by atoms with Crippen LogP contribution in [-0.2, 0) is 9.57 Å². The van der Waals surface area contributed by atoms with Crippen LogP contribution in [-0.4, -0.2) is 24.2 Å². The van der Waals surface area contributed by atoms with Crippen LogP contribution < -0.4 is 4.74 Å². The number of rotatable bonds is 7. The van der Waals surface area contributed by atoms with E-state index in [1.165, 1.54) is 0 Å². The van der Waals surface area contributed by atoms with Crippen molar-refractivity contribution in [1.82, 2.24) is 0 Å². The van der Waals surface area contributed by atoms with Crippen LogP contribution in [0.5, 0.6) is 5.75 Å². The quantitative estimate of drug-likeness (QED) is 0.307. The number of hydrogen-bond acceptors (Lipinski definition) is 4. The highest BCUT2D eigenvalue weighted by molar-refractivity contribution is 6.14. The van der Waals surface area contributed by atoms with Crippen LogP contribution in [0.15, 0.2) is 59.8 Å². The van der Waals surface area contributed by atoms with Crippen LogP contribution in [0.25, 0.3) is 0 Å². The fourth-order valence-corrected chi connectivity index (χ4v) is 2.17. The number of nitrogens with zero attached hydrogens (tertiary/aromatic N) is 1. The maximum Gasteiger partial charge on any atom is 0.217 e. The molecule has 0 N–H and O–H groups in total. The van der Waals surface area contributed by atoms with E-state index in [4.69, 9.17) is 14.3 Å². The highest BCUT2D eigenvalue weighted by Crippen LogP contribution is 2.23. The topological polar surface area (TPSA) is 40.0 Å². The minimum Gasteiger partial charge on any atom is -0.490 e.